The molecular weight excluding hydrogens is 228 g/mol. The van der Waals surface area contributed by atoms with Crippen molar-refractivity contribution >= 4 is 0 Å². The van der Waals surface area contributed by atoms with Crippen molar-refractivity contribution in [3.63, 3.8) is 0 Å². The molecule has 6 heteroatoms. The summed E-state index contributed by atoms with van der Waals surface area (Å²) in [5.41, 5.74) is 6.62. The summed E-state index contributed by atoms with van der Waals surface area (Å²) in [6, 6.07) is 0. The molecule has 1 aromatic heterocycles. The zero-order chi connectivity index (χ0) is 12.8. The van der Waals surface area contributed by atoms with Crippen LogP contribution in [0.2, 0.25) is 0 Å². The third-order valence-corrected chi connectivity index (χ3v) is 3.40. The first kappa shape index (κ1) is 13.5. The summed E-state index contributed by atoms with van der Waals surface area (Å²) in [6.45, 7) is 7.43. The minimum atomic E-state index is 0.791. The fraction of sp³-hybridized carbons (Fsp3) is 0.833. The number of rotatable bonds is 5. The van der Waals surface area contributed by atoms with Gasteiger partial charge in [0.25, 0.3) is 0 Å². The van der Waals surface area contributed by atoms with E-state index in [0.29, 0.717) is 0 Å². The zero-order valence-electron chi connectivity index (χ0n) is 11.3. The highest BCUT2D eigenvalue weighted by molar-refractivity contribution is 4.92. The Labute approximate surface area is 109 Å². The molecule has 2 N–H and O–H groups in total. The summed E-state index contributed by atoms with van der Waals surface area (Å²) in [6.07, 6.45) is 4.33. The van der Waals surface area contributed by atoms with Crippen LogP contribution in [-0.2, 0) is 13.6 Å². The van der Waals surface area contributed by atoms with Crippen molar-refractivity contribution in [2.75, 3.05) is 39.3 Å². The van der Waals surface area contributed by atoms with Gasteiger partial charge >= 0.3 is 0 Å². The molecule has 102 valence electrons. The van der Waals surface area contributed by atoms with E-state index in [9.17, 15) is 0 Å². The largest absolute Gasteiger partial charge is 0.330 e. The fourth-order valence-electron chi connectivity index (χ4n) is 2.42. The number of hydrogen-bond acceptors (Lipinski definition) is 5. The minimum Gasteiger partial charge on any atom is -0.330 e. The van der Waals surface area contributed by atoms with Crippen LogP contribution in [0.5, 0.6) is 0 Å². The molecular formula is C12H24N6. The lowest BCUT2D eigenvalue weighted by molar-refractivity contribution is 0.249. The molecule has 0 aliphatic carbocycles. The van der Waals surface area contributed by atoms with Crippen molar-refractivity contribution < 1.29 is 0 Å². The lowest BCUT2D eigenvalue weighted by atomic mass is 10.3. The molecule has 1 aliphatic heterocycles. The Kier molecular flexibility index (Phi) is 5.10. The summed E-state index contributed by atoms with van der Waals surface area (Å²) in [5, 5.41) is 8.13. The molecule has 0 radical (unpaired) electrons. The Morgan fingerprint density at radius 3 is 2.72 bits per heavy atom. The van der Waals surface area contributed by atoms with Crippen molar-refractivity contribution in [3.8, 4) is 0 Å². The highest BCUT2D eigenvalue weighted by Crippen LogP contribution is 2.07. The van der Waals surface area contributed by atoms with Gasteiger partial charge in [0.15, 0.2) is 0 Å². The van der Waals surface area contributed by atoms with Gasteiger partial charge in [0, 0.05) is 32.9 Å². The summed E-state index contributed by atoms with van der Waals surface area (Å²) in [7, 11) is 1.91. The maximum absolute atomic E-state index is 5.56. The number of hydrogen-bond donors (Lipinski definition) is 1. The molecule has 0 aromatic carbocycles. The van der Waals surface area contributed by atoms with Crippen LogP contribution in [0.25, 0.3) is 0 Å². The van der Waals surface area contributed by atoms with Crippen LogP contribution in [-0.4, -0.2) is 64.1 Å². The van der Waals surface area contributed by atoms with Crippen LogP contribution in [0, 0.1) is 0 Å². The number of aryl methyl sites for hydroxylation is 1. The van der Waals surface area contributed by atoms with Crippen LogP contribution >= 0.6 is 0 Å². The molecule has 2 rings (SSSR count). The molecule has 2 heterocycles. The number of aromatic nitrogens is 3. The van der Waals surface area contributed by atoms with Crippen molar-refractivity contribution in [1.29, 1.82) is 0 Å². The Bertz CT molecular complexity index is 350. The van der Waals surface area contributed by atoms with E-state index in [-0.39, 0.29) is 0 Å². The Morgan fingerprint density at radius 1 is 1.22 bits per heavy atom. The molecule has 18 heavy (non-hydrogen) atoms. The molecule has 6 nitrogen and oxygen atoms in total. The quantitative estimate of drug-likeness (QED) is 0.777. The van der Waals surface area contributed by atoms with Crippen molar-refractivity contribution in [2.45, 2.75) is 19.4 Å². The molecule has 0 saturated carbocycles. The molecule has 0 amide bonds. The maximum Gasteiger partial charge on any atom is 0.0967 e. The number of nitrogens with zero attached hydrogens (tertiary/aromatic N) is 5. The van der Waals surface area contributed by atoms with Crippen LogP contribution in [0.15, 0.2) is 6.20 Å². The van der Waals surface area contributed by atoms with Crippen molar-refractivity contribution in [3.05, 3.63) is 11.9 Å². The molecule has 1 fully saturated rings. The average molecular weight is 252 g/mol. The first-order chi connectivity index (χ1) is 8.78. The average Bonchev–Trinajstić information content (AvgIpc) is 2.63. The zero-order valence-corrected chi connectivity index (χ0v) is 11.3. The van der Waals surface area contributed by atoms with Gasteiger partial charge in [0.05, 0.1) is 5.69 Å². The van der Waals surface area contributed by atoms with E-state index in [4.69, 9.17) is 5.73 Å². The van der Waals surface area contributed by atoms with Crippen LogP contribution in [0.4, 0.5) is 0 Å². The summed E-state index contributed by atoms with van der Waals surface area (Å²) >= 11 is 0. The highest BCUT2D eigenvalue weighted by Gasteiger charge is 2.15. The van der Waals surface area contributed by atoms with E-state index in [1.165, 1.54) is 13.0 Å². The van der Waals surface area contributed by atoms with Gasteiger partial charge in [-0.3, -0.25) is 9.58 Å². The predicted molar refractivity (Wildman–Crippen MR) is 71.0 cm³/mol. The topological polar surface area (TPSA) is 63.2 Å². The SMILES string of the molecule is Cn1cc(CN2CCCN(CCCN)CC2)nn1. The van der Waals surface area contributed by atoms with E-state index in [1.807, 2.05) is 13.2 Å². The monoisotopic (exact) mass is 252 g/mol. The lowest BCUT2D eigenvalue weighted by Crippen LogP contribution is -2.31. The minimum absolute atomic E-state index is 0.791. The standard InChI is InChI=1S/C12H24N6/c1-16-10-12(14-15-16)11-18-7-3-6-17(8-9-18)5-2-4-13/h10H,2-9,11,13H2,1H3. The van der Waals surface area contributed by atoms with Crippen molar-refractivity contribution in [1.82, 2.24) is 24.8 Å². The van der Waals surface area contributed by atoms with Crippen LogP contribution in [0.3, 0.4) is 0 Å². The predicted octanol–water partition coefficient (Wildman–Crippen LogP) is -0.328. The molecule has 0 spiro atoms. The normalized spacial score (nSPS) is 19.0. The second kappa shape index (κ2) is 6.82. The van der Waals surface area contributed by atoms with Crippen molar-refractivity contribution in [2.24, 2.45) is 12.8 Å². The molecule has 0 unspecified atom stereocenters. The third kappa shape index (κ3) is 4.04. The van der Waals surface area contributed by atoms with E-state index in [1.54, 1.807) is 4.68 Å². The van der Waals surface area contributed by atoms with Gasteiger partial charge in [-0.2, -0.15) is 0 Å². The summed E-state index contributed by atoms with van der Waals surface area (Å²) < 4.78 is 1.76. The van der Waals surface area contributed by atoms with Gasteiger partial charge < -0.3 is 10.6 Å². The maximum atomic E-state index is 5.56. The van der Waals surface area contributed by atoms with E-state index >= 15 is 0 Å². The van der Waals surface area contributed by atoms with Crippen LogP contribution < -0.4 is 5.73 Å². The first-order valence-corrected chi connectivity index (χ1v) is 6.78. The third-order valence-electron chi connectivity index (χ3n) is 3.40. The van der Waals surface area contributed by atoms with Gasteiger partial charge in [0.1, 0.15) is 0 Å². The van der Waals surface area contributed by atoms with Gasteiger partial charge in [0.2, 0.25) is 0 Å². The molecule has 0 atom stereocenters. The number of nitrogens with two attached hydrogens (primary N) is 1. The highest BCUT2D eigenvalue weighted by atomic mass is 15.4. The fourth-order valence-corrected chi connectivity index (χ4v) is 2.42. The van der Waals surface area contributed by atoms with Gasteiger partial charge in [-0.05, 0) is 39.0 Å². The van der Waals surface area contributed by atoms with Gasteiger partial charge in [-0.15, -0.1) is 5.10 Å². The van der Waals surface area contributed by atoms with E-state index in [0.717, 1.165) is 51.4 Å². The molecule has 1 aliphatic rings. The van der Waals surface area contributed by atoms with Crippen LogP contribution in [0.1, 0.15) is 18.5 Å². The van der Waals surface area contributed by atoms with E-state index in [2.05, 4.69) is 20.1 Å². The smallest absolute Gasteiger partial charge is 0.0967 e. The van der Waals surface area contributed by atoms with Gasteiger partial charge in [-0.1, -0.05) is 5.21 Å². The first-order valence-electron chi connectivity index (χ1n) is 6.78. The second-order valence-electron chi connectivity index (χ2n) is 5.00. The molecule has 0 bridgehead atoms. The van der Waals surface area contributed by atoms with Gasteiger partial charge in [-0.25, -0.2) is 0 Å². The van der Waals surface area contributed by atoms with E-state index < -0.39 is 0 Å². The molecule has 1 saturated heterocycles. The Morgan fingerprint density at radius 2 is 2.00 bits per heavy atom. The lowest BCUT2D eigenvalue weighted by Gasteiger charge is -2.20. The Hall–Kier alpha value is -0.980. The summed E-state index contributed by atoms with van der Waals surface area (Å²) in [4.78, 5) is 4.98. The Balaban J connectivity index is 1.78. The second-order valence-corrected chi connectivity index (χ2v) is 5.00. The summed E-state index contributed by atoms with van der Waals surface area (Å²) in [5.74, 6) is 0. The molecule has 1 aromatic rings.